The van der Waals surface area contributed by atoms with Crippen molar-refractivity contribution in [3.63, 3.8) is 0 Å². The number of methoxy groups -OCH3 is 1. The number of fused-ring (bicyclic) bond motifs is 1. The largest absolute Gasteiger partial charge is 0.497 e. The smallest absolute Gasteiger partial charge is 0.298 e. The molecule has 6 nitrogen and oxygen atoms in total. The van der Waals surface area contributed by atoms with Crippen molar-refractivity contribution in [1.82, 2.24) is 9.88 Å². The van der Waals surface area contributed by atoms with Gasteiger partial charge in [0.25, 0.3) is 6.01 Å². The third kappa shape index (κ3) is 3.22. The van der Waals surface area contributed by atoms with Crippen LogP contribution >= 0.6 is 0 Å². The van der Waals surface area contributed by atoms with Gasteiger partial charge < -0.3 is 19.0 Å². The minimum absolute atomic E-state index is 0.255. The zero-order valence-corrected chi connectivity index (χ0v) is 16.6. The predicted octanol–water partition coefficient (Wildman–Crippen LogP) is 3.86. The summed E-state index contributed by atoms with van der Waals surface area (Å²) in [6, 6.07) is 16.4. The Morgan fingerprint density at radius 1 is 1.14 bits per heavy atom. The number of benzene rings is 2. The van der Waals surface area contributed by atoms with E-state index in [1.807, 2.05) is 47.4 Å². The lowest BCUT2D eigenvalue weighted by molar-refractivity contribution is -0.145. The van der Waals surface area contributed by atoms with Crippen molar-refractivity contribution in [3.8, 4) is 5.75 Å². The van der Waals surface area contributed by atoms with Gasteiger partial charge in [0, 0.05) is 26.2 Å². The van der Waals surface area contributed by atoms with E-state index in [2.05, 4.69) is 16.0 Å². The third-order valence-corrected chi connectivity index (χ3v) is 6.24. The molecule has 1 amide bonds. The summed E-state index contributed by atoms with van der Waals surface area (Å²) in [7, 11) is 1.67. The van der Waals surface area contributed by atoms with Crippen LogP contribution in [0.25, 0.3) is 11.1 Å². The highest BCUT2D eigenvalue weighted by Crippen LogP contribution is 2.42. The summed E-state index contributed by atoms with van der Waals surface area (Å²) in [6.07, 6.45) is 2.80. The van der Waals surface area contributed by atoms with E-state index in [9.17, 15) is 4.79 Å². The van der Waals surface area contributed by atoms with Gasteiger partial charge in [-0.3, -0.25) is 4.79 Å². The van der Waals surface area contributed by atoms with Crippen molar-refractivity contribution >= 4 is 23.0 Å². The van der Waals surface area contributed by atoms with Crippen LogP contribution in [0.2, 0.25) is 0 Å². The molecule has 1 unspecified atom stereocenters. The van der Waals surface area contributed by atoms with Crippen molar-refractivity contribution in [1.29, 1.82) is 0 Å². The number of amides is 1. The first-order valence-electron chi connectivity index (χ1n) is 10.2. The van der Waals surface area contributed by atoms with Gasteiger partial charge in [-0.1, -0.05) is 24.3 Å². The Bertz CT molecular complexity index is 1010. The number of ether oxygens (including phenoxy) is 1. The van der Waals surface area contributed by atoms with Gasteiger partial charge in [-0.05, 0) is 49.1 Å². The summed E-state index contributed by atoms with van der Waals surface area (Å²) >= 11 is 0. The Morgan fingerprint density at radius 2 is 2.03 bits per heavy atom. The Hall–Kier alpha value is -3.02. The number of hydrogen-bond donors (Lipinski definition) is 0. The first-order valence-corrected chi connectivity index (χ1v) is 10.2. The molecule has 5 rings (SSSR count). The Balaban J connectivity index is 1.34. The normalized spacial score (nSPS) is 22.0. The van der Waals surface area contributed by atoms with E-state index in [1.54, 1.807) is 7.11 Å². The monoisotopic (exact) mass is 391 g/mol. The average Bonchev–Trinajstić information content (AvgIpc) is 3.37. The van der Waals surface area contributed by atoms with Crippen LogP contribution in [0.5, 0.6) is 5.75 Å². The minimum atomic E-state index is -0.336. The summed E-state index contributed by atoms with van der Waals surface area (Å²) in [4.78, 5) is 22.2. The average molecular weight is 391 g/mol. The zero-order chi connectivity index (χ0) is 19.8. The summed E-state index contributed by atoms with van der Waals surface area (Å²) in [5, 5.41) is 0. The van der Waals surface area contributed by atoms with Gasteiger partial charge >= 0.3 is 0 Å². The fourth-order valence-corrected chi connectivity index (χ4v) is 4.70. The van der Waals surface area contributed by atoms with Gasteiger partial charge in [0.15, 0.2) is 5.58 Å². The van der Waals surface area contributed by atoms with Gasteiger partial charge in [0.1, 0.15) is 11.3 Å². The first-order chi connectivity index (χ1) is 14.2. The van der Waals surface area contributed by atoms with Crippen molar-refractivity contribution in [2.45, 2.75) is 25.8 Å². The molecule has 0 bridgehead atoms. The first kappa shape index (κ1) is 18.0. The van der Waals surface area contributed by atoms with E-state index >= 15 is 0 Å². The second kappa shape index (κ2) is 7.10. The highest BCUT2D eigenvalue weighted by molar-refractivity contribution is 5.85. The molecule has 0 saturated carbocycles. The van der Waals surface area contributed by atoms with Crippen LogP contribution in [0.15, 0.2) is 52.9 Å². The van der Waals surface area contributed by atoms with E-state index < -0.39 is 0 Å². The molecule has 1 aromatic heterocycles. The molecule has 29 heavy (non-hydrogen) atoms. The molecule has 2 aliphatic heterocycles. The number of aromatic nitrogens is 1. The maximum absolute atomic E-state index is 13.5. The van der Waals surface area contributed by atoms with Gasteiger partial charge in [-0.15, -0.1) is 0 Å². The van der Waals surface area contributed by atoms with E-state index in [4.69, 9.17) is 9.15 Å². The van der Waals surface area contributed by atoms with Crippen LogP contribution in [-0.4, -0.2) is 42.5 Å². The second-order valence-electron chi connectivity index (χ2n) is 8.10. The number of rotatable bonds is 4. The van der Waals surface area contributed by atoms with Crippen molar-refractivity contribution in [3.05, 3.63) is 54.1 Å². The van der Waals surface area contributed by atoms with Crippen molar-refractivity contribution in [2.75, 3.05) is 31.6 Å². The molecule has 0 aliphatic carbocycles. The number of nitrogens with zero attached hydrogens (tertiary/aromatic N) is 3. The zero-order valence-electron chi connectivity index (χ0n) is 16.6. The molecule has 2 aromatic carbocycles. The van der Waals surface area contributed by atoms with Crippen molar-refractivity contribution < 1.29 is 13.9 Å². The molecule has 150 valence electrons. The molecule has 0 N–H and O–H groups in total. The highest BCUT2D eigenvalue weighted by Gasteiger charge is 2.49. The fourth-order valence-electron chi connectivity index (χ4n) is 4.70. The summed E-state index contributed by atoms with van der Waals surface area (Å²) in [5.74, 6) is 1.08. The highest BCUT2D eigenvalue weighted by atomic mass is 16.5. The lowest BCUT2D eigenvalue weighted by Gasteiger charge is -2.39. The maximum atomic E-state index is 13.5. The van der Waals surface area contributed by atoms with E-state index in [1.165, 1.54) is 0 Å². The Kier molecular flexibility index (Phi) is 4.42. The van der Waals surface area contributed by atoms with Crippen LogP contribution in [0.4, 0.5) is 6.01 Å². The van der Waals surface area contributed by atoms with Crippen LogP contribution < -0.4 is 9.64 Å². The molecule has 2 saturated heterocycles. The lowest BCUT2D eigenvalue weighted by atomic mass is 9.78. The quantitative estimate of drug-likeness (QED) is 0.676. The van der Waals surface area contributed by atoms with Crippen LogP contribution in [0.3, 0.4) is 0 Å². The van der Waals surface area contributed by atoms with E-state index in [0.29, 0.717) is 19.1 Å². The number of piperidine rings is 1. The molecule has 0 radical (unpaired) electrons. The molecular weight excluding hydrogens is 366 g/mol. The molecular formula is C23H25N3O3. The van der Waals surface area contributed by atoms with Crippen LogP contribution in [0.1, 0.15) is 24.8 Å². The number of anilines is 1. The van der Waals surface area contributed by atoms with Gasteiger partial charge in [0.2, 0.25) is 5.91 Å². The number of carbonyl (C=O) groups excluding carboxylic acids is 1. The summed E-state index contributed by atoms with van der Waals surface area (Å²) in [6.45, 7) is 2.90. The molecule has 2 aliphatic rings. The molecule has 3 heterocycles. The topological polar surface area (TPSA) is 58.8 Å². The van der Waals surface area contributed by atoms with E-state index in [-0.39, 0.29) is 11.3 Å². The second-order valence-corrected chi connectivity index (χ2v) is 8.10. The molecule has 3 aromatic rings. The van der Waals surface area contributed by atoms with Gasteiger partial charge in [0.05, 0.1) is 12.5 Å². The summed E-state index contributed by atoms with van der Waals surface area (Å²) in [5.41, 5.74) is 2.41. The van der Waals surface area contributed by atoms with Gasteiger partial charge in [-0.25, -0.2) is 0 Å². The molecule has 6 heteroatoms. The maximum Gasteiger partial charge on any atom is 0.298 e. The fraction of sp³-hybridized carbons (Fsp3) is 0.391. The minimum Gasteiger partial charge on any atom is -0.497 e. The number of para-hydroxylation sites is 2. The number of likely N-dealkylation sites (tertiary alicyclic amines) is 1. The SMILES string of the molecule is COc1cccc(CN2CCCC3(CCN(c4nc5ccccc5o4)C3)C2=O)c1. The standard InChI is InChI=1S/C23H25N3O3/c1-28-18-7-4-6-17(14-18)15-25-12-5-10-23(21(25)27)11-13-26(16-23)22-24-19-8-2-3-9-20(19)29-22/h2-4,6-9,14H,5,10-13,15-16H2,1H3. The number of carbonyl (C=O) groups is 1. The molecule has 1 atom stereocenters. The molecule has 1 spiro atoms. The number of oxazole rings is 1. The lowest BCUT2D eigenvalue weighted by Crippen LogP contribution is -2.49. The number of hydrogen-bond acceptors (Lipinski definition) is 5. The Morgan fingerprint density at radius 3 is 2.90 bits per heavy atom. The van der Waals surface area contributed by atoms with Crippen molar-refractivity contribution in [2.24, 2.45) is 5.41 Å². The van der Waals surface area contributed by atoms with Crippen LogP contribution in [-0.2, 0) is 11.3 Å². The third-order valence-electron chi connectivity index (χ3n) is 6.24. The van der Waals surface area contributed by atoms with Gasteiger partial charge in [-0.2, -0.15) is 4.98 Å². The van der Waals surface area contributed by atoms with Crippen LogP contribution in [0, 0.1) is 5.41 Å². The summed E-state index contributed by atoms with van der Waals surface area (Å²) < 4.78 is 11.3. The van der Waals surface area contributed by atoms with E-state index in [0.717, 1.165) is 54.8 Å². The predicted molar refractivity (Wildman–Crippen MR) is 111 cm³/mol. The molecule has 2 fully saturated rings. The Labute approximate surface area is 170 Å².